The molecule has 1 aliphatic rings. The van der Waals surface area contributed by atoms with Gasteiger partial charge in [0.1, 0.15) is 0 Å². The Bertz CT molecular complexity index is 154. The molecule has 50 valence electrons. The van der Waals surface area contributed by atoms with Crippen LogP contribution in [0.15, 0.2) is 12.2 Å². The number of allylic oxidation sites excluding steroid dienone is 1. The largest absolute Gasteiger partial charge is 0.481 e. The minimum atomic E-state index is -0.680. The number of aliphatic carboxylic acids is 1. The average Bonchev–Trinajstić information content (AvgIpc) is 2.49. The SMILES string of the molecule is C/C=C\C1(C(=O)O)CC1. The van der Waals surface area contributed by atoms with Crippen LogP contribution in [-0.4, -0.2) is 11.1 Å². The van der Waals surface area contributed by atoms with E-state index < -0.39 is 11.4 Å². The van der Waals surface area contributed by atoms with E-state index in [9.17, 15) is 4.79 Å². The van der Waals surface area contributed by atoms with Crippen LogP contribution in [0, 0.1) is 5.41 Å². The third kappa shape index (κ3) is 0.969. The van der Waals surface area contributed by atoms with Gasteiger partial charge in [0.15, 0.2) is 0 Å². The summed E-state index contributed by atoms with van der Waals surface area (Å²) >= 11 is 0. The molecule has 0 aromatic carbocycles. The van der Waals surface area contributed by atoms with Gasteiger partial charge in [-0.3, -0.25) is 4.79 Å². The lowest BCUT2D eigenvalue weighted by molar-refractivity contribution is -0.141. The lowest BCUT2D eigenvalue weighted by Gasteiger charge is -1.98. The van der Waals surface area contributed by atoms with Gasteiger partial charge in [0, 0.05) is 0 Å². The summed E-state index contributed by atoms with van der Waals surface area (Å²) in [5.74, 6) is -0.680. The highest BCUT2D eigenvalue weighted by Gasteiger charge is 2.47. The van der Waals surface area contributed by atoms with Crippen LogP contribution in [0.5, 0.6) is 0 Å². The van der Waals surface area contributed by atoms with Crippen LogP contribution in [-0.2, 0) is 4.79 Å². The molecule has 0 aromatic heterocycles. The van der Waals surface area contributed by atoms with E-state index in [-0.39, 0.29) is 0 Å². The summed E-state index contributed by atoms with van der Waals surface area (Å²) in [7, 11) is 0. The fourth-order valence-electron chi connectivity index (χ4n) is 0.906. The molecule has 1 rings (SSSR count). The van der Waals surface area contributed by atoms with E-state index in [1.807, 2.05) is 6.92 Å². The summed E-state index contributed by atoms with van der Waals surface area (Å²) in [5, 5.41) is 8.58. The first-order valence-electron chi connectivity index (χ1n) is 3.08. The van der Waals surface area contributed by atoms with E-state index in [0.717, 1.165) is 12.8 Å². The molecule has 0 heterocycles. The summed E-state index contributed by atoms with van der Waals surface area (Å²) < 4.78 is 0. The van der Waals surface area contributed by atoms with E-state index in [1.165, 1.54) is 0 Å². The molecule has 1 saturated carbocycles. The normalized spacial score (nSPS) is 22.3. The molecule has 0 radical (unpaired) electrons. The molecule has 9 heavy (non-hydrogen) atoms. The first-order chi connectivity index (χ1) is 4.21. The Balaban J connectivity index is 2.63. The molecule has 0 aromatic rings. The highest BCUT2D eigenvalue weighted by Crippen LogP contribution is 2.47. The molecule has 1 N–H and O–H groups in total. The van der Waals surface area contributed by atoms with Crippen LogP contribution in [0.4, 0.5) is 0 Å². The van der Waals surface area contributed by atoms with Crippen LogP contribution in [0.1, 0.15) is 19.8 Å². The average molecular weight is 126 g/mol. The predicted octanol–water partition coefficient (Wildman–Crippen LogP) is 1.43. The summed E-state index contributed by atoms with van der Waals surface area (Å²) in [6, 6.07) is 0. The topological polar surface area (TPSA) is 37.3 Å². The molecule has 0 aliphatic heterocycles. The van der Waals surface area contributed by atoms with Crippen molar-refractivity contribution >= 4 is 5.97 Å². The number of carbonyl (C=O) groups is 1. The molecule has 0 saturated heterocycles. The van der Waals surface area contributed by atoms with Crippen molar-refractivity contribution < 1.29 is 9.90 Å². The van der Waals surface area contributed by atoms with Crippen molar-refractivity contribution in [2.45, 2.75) is 19.8 Å². The Hall–Kier alpha value is -0.790. The van der Waals surface area contributed by atoms with Crippen LogP contribution in [0.25, 0.3) is 0 Å². The number of carboxylic acids is 1. The van der Waals surface area contributed by atoms with Crippen molar-refractivity contribution in [1.82, 2.24) is 0 Å². The number of carboxylic acid groups (broad SMARTS) is 1. The van der Waals surface area contributed by atoms with Gasteiger partial charge in [-0.1, -0.05) is 12.2 Å². The first-order valence-corrected chi connectivity index (χ1v) is 3.08. The molecule has 2 nitrogen and oxygen atoms in total. The van der Waals surface area contributed by atoms with Gasteiger partial charge in [0.25, 0.3) is 0 Å². The van der Waals surface area contributed by atoms with Crippen LogP contribution in [0.2, 0.25) is 0 Å². The van der Waals surface area contributed by atoms with Crippen molar-refractivity contribution in [3.05, 3.63) is 12.2 Å². The van der Waals surface area contributed by atoms with Gasteiger partial charge in [0.2, 0.25) is 0 Å². The Morgan fingerprint density at radius 2 is 2.22 bits per heavy atom. The summed E-state index contributed by atoms with van der Waals surface area (Å²) in [6.45, 7) is 1.85. The van der Waals surface area contributed by atoms with E-state index in [1.54, 1.807) is 12.2 Å². The smallest absolute Gasteiger partial charge is 0.313 e. The second-order valence-electron chi connectivity index (χ2n) is 2.46. The number of rotatable bonds is 2. The molecule has 2 heteroatoms. The zero-order valence-corrected chi connectivity index (χ0v) is 5.42. The monoisotopic (exact) mass is 126 g/mol. The molecular weight excluding hydrogens is 116 g/mol. The fraction of sp³-hybridized carbons (Fsp3) is 0.571. The Labute approximate surface area is 54.2 Å². The van der Waals surface area contributed by atoms with Crippen molar-refractivity contribution in [2.24, 2.45) is 5.41 Å². The lowest BCUT2D eigenvalue weighted by atomic mass is 10.1. The van der Waals surface area contributed by atoms with Gasteiger partial charge in [0.05, 0.1) is 5.41 Å². The second kappa shape index (κ2) is 1.87. The molecular formula is C7H10O2. The number of hydrogen-bond donors (Lipinski definition) is 1. The molecule has 0 amide bonds. The maximum Gasteiger partial charge on any atom is 0.313 e. The molecule has 0 bridgehead atoms. The van der Waals surface area contributed by atoms with Crippen molar-refractivity contribution in [3.8, 4) is 0 Å². The Morgan fingerprint density at radius 3 is 2.33 bits per heavy atom. The first kappa shape index (κ1) is 6.33. The van der Waals surface area contributed by atoms with Gasteiger partial charge < -0.3 is 5.11 Å². The zero-order chi connectivity index (χ0) is 6.91. The Kier molecular flexibility index (Phi) is 1.31. The van der Waals surface area contributed by atoms with Crippen molar-refractivity contribution in [3.63, 3.8) is 0 Å². The molecule has 0 atom stereocenters. The van der Waals surface area contributed by atoms with Gasteiger partial charge >= 0.3 is 5.97 Å². The van der Waals surface area contributed by atoms with Gasteiger partial charge in [-0.2, -0.15) is 0 Å². The summed E-state index contributed by atoms with van der Waals surface area (Å²) in [5.41, 5.74) is -0.464. The van der Waals surface area contributed by atoms with Crippen molar-refractivity contribution in [2.75, 3.05) is 0 Å². The lowest BCUT2D eigenvalue weighted by Crippen LogP contribution is -2.10. The third-order valence-corrected chi connectivity index (χ3v) is 1.70. The minimum Gasteiger partial charge on any atom is -0.481 e. The fourth-order valence-corrected chi connectivity index (χ4v) is 0.906. The predicted molar refractivity (Wildman–Crippen MR) is 34.1 cm³/mol. The Morgan fingerprint density at radius 1 is 1.67 bits per heavy atom. The maximum absolute atomic E-state index is 10.4. The standard InChI is InChI=1S/C7H10O2/c1-2-3-7(4-5-7)6(8)9/h2-3H,4-5H2,1H3,(H,8,9)/b3-2-. The van der Waals surface area contributed by atoms with E-state index in [0.29, 0.717) is 0 Å². The van der Waals surface area contributed by atoms with Crippen LogP contribution >= 0.6 is 0 Å². The van der Waals surface area contributed by atoms with Crippen LogP contribution < -0.4 is 0 Å². The molecule has 0 spiro atoms. The zero-order valence-electron chi connectivity index (χ0n) is 5.42. The minimum absolute atomic E-state index is 0.464. The highest BCUT2D eigenvalue weighted by molar-refractivity contribution is 5.80. The van der Waals surface area contributed by atoms with Gasteiger partial charge in [-0.25, -0.2) is 0 Å². The second-order valence-corrected chi connectivity index (χ2v) is 2.46. The molecule has 0 unspecified atom stereocenters. The van der Waals surface area contributed by atoms with Crippen molar-refractivity contribution in [1.29, 1.82) is 0 Å². The van der Waals surface area contributed by atoms with Gasteiger partial charge in [-0.15, -0.1) is 0 Å². The summed E-state index contributed by atoms with van der Waals surface area (Å²) in [4.78, 5) is 10.4. The maximum atomic E-state index is 10.4. The van der Waals surface area contributed by atoms with E-state index in [4.69, 9.17) is 5.11 Å². The summed E-state index contributed by atoms with van der Waals surface area (Å²) in [6.07, 6.45) is 5.20. The molecule has 1 aliphatic carbocycles. The molecule has 1 fully saturated rings. The third-order valence-electron chi connectivity index (χ3n) is 1.70. The van der Waals surface area contributed by atoms with Crippen LogP contribution in [0.3, 0.4) is 0 Å². The van der Waals surface area contributed by atoms with Gasteiger partial charge in [-0.05, 0) is 19.8 Å². The van der Waals surface area contributed by atoms with E-state index in [2.05, 4.69) is 0 Å². The number of hydrogen-bond acceptors (Lipinski definition) is 1. The highest BCUT2D eigenvalue weighted by atomic mass is 16.4. The van der Waals surface area contributed by atoms with E-state index >= 15 is 0 Å². The quantitative estimate of drug-likeness (QED) is 0.568.